The molecule has 0 radical (unpaired) electrons. The minimum Gasteiger partial charge on any atom is -0.379 e. The van der Waals surface area contributed by atoms with Crippen LogP contribution in [-0.4, -0.2) is 40.3 Å². The lowest BCUT2D eigenvalue weighted by Crippen LogP contribution is -2.25. The average Bonchev–Trinajstić information content (AvgIpc) is 2.77. The topological polar surface area (TPSA) is 110 Å². The third-order valence-corrected chi connectivity index (χ3v) is 2.05. The summed E-state index contributed by atoms with van der Waals surface area (Å²) in [6.07, 6.45) is 0.839. The van der Waals surface area contributed by atoms with Crippen molar-refractivity contribution in [2.75, 3.05) is 13.2 Å². The number of carbonyl (C=O) groups excluding carboxylic acids is 1. The van der Waals surface area contributed by atoms with Gasteiger partial charge in [0, 0.05) is 13.2 Å². The molecule has 0 aliphatic carbocycles. The maximum absolute atomic E-state index is 11.5. The van der Waals surface area contributed by atoms with Crippen LogP contribution in [0.2, 0.25) is 0 Å². The van der Waals surface area contributed by atoms with Crippen molar-refractivity contribution >= 4 is 11.7 Å². The third-order valence-electron chi connectivity index (χ3n) is 2.05. The zero-order chi connectivity index (χ0) is 13.5. The standard InChI is InChI=1S/C10H16N4O4/c1-7(2)18-5-3-4-11-10(15)8-6-9(13-12-8)14(16)17/h6-7H,3-5H2,1-2H3,(H,11,15)(H,12,13). The Balaban J connectivity index is 2.30. The third kappa shape index (κ3) is 4.50. The number of hydrogen-bond donors (Lipinski definition) is 2. The van der Waals surface area contributed by atoms with Crippen molar-refractivity contribution in [2.24, 2.45) is 0 Å². The molecule has 1 aromatic rings. The van der Waals surface area contributed by atoms with E-state index in [1.807, 2.05) is 13.8 Å². The second kappa shape index (κ2) is 6.70. The molecule has 18 heavy (non-hydrogen) atoms. The van der Waals surface area contributed by atoms with Crippen LogP contribution in [0.3, 0.4) is 0 Å². The van der Waals surface area contributed by atoms with Crippen molar-refractivity contribution in [1.82, 2.24) is 15.5 Å². The summed E-state index contributed by atoms with van der Waals surface area (Å²) in [7, 11) is 0. The molecule has 100 valence electrons. The van der Waals surface area contributed by atoms with Crippen molar-refractivity contribution in [3.63, 3.8) is 0 Å². The molecule has 0 aliphatic heterocycles. The van der Waals surface area contributed by atoms with E-state index in [0.717, 1.165) is 6.07 Å². The van der Waals surface area contributed by atoms with E-state index in [9.17, 15) is 14.9 Å². The quantitative estimate of drug-likeness (QED) is 0.427. The highest BCUT2D eigenvalue weighted by Crippen LogP contribution is 2.07. The Morgan fingerprint density at radius 1 is 1.67 bits per heavy atom. The number of ether oxygens (including phenoxy) is 1. The number of nitro groups is 1. The van der Waals surface area contributed by atoms with E-state index in [-0.39, 0.29) is 17.6 Å². The maximum Gasteiger partial charge on any atom is 0.343 e. The molecule has 1 amide bonds. The van der Waals surface area contributed by atoms with Crippen LogP contribution in [0.25, 0.3) is 0 Å². The Hall–Kier alpha value is -1.96. The minimum absolute atomic E-state index is 0.00600. The van der Waals surface area contributed by atoms with E-state index < -0.39 is 10.8 Å². The largest absolute Gasteiger partial charge is 0.379 e. The van der Waals surface area contributed by atoms with Gasteiger partial charge in [-0.05, 0) is 25.2 Å². The first-order valence-corrected chi connectivity index (χ1v) is 5.60. The lowest BCUT2D eigenvalue weighted by atomic mass is 10.3. The lowest BCUT2D eigenvalue weighted by molar-refractivity contribution is -0.389. The predicted octanol–water partition coefficient (Wildman–Crippen LogP) is 0.863. The second-order valence-corrected chi connectivity index (χ2v) is 3.92. The highest BCUT2D eigenvalue weighted by atomic mass is 16.6. The van der Waals surface area contributed by atoms with Crippen LogP contribution in [0.1, 0.15) is 30.8 Å². The van der Waals surface area contributed by atoms with Crippen molar-refractivity contribution in [1.29, 1.82) is 0 Å². The second-order valence-electron chi connectivity index (χ2n) is 3.92. The van der Waals surface area contributed by atoms with Crippen molar-refractivity contribution in [3.8, 4) is 0 Å². The van der Waals surface area contributed by atoms with Gasteiger partial charge in [-0.1, -0.05) is 5.10 Å². The van der Waals surface area contributed by atoms with Crippen molar-refractivity contribution in [3.05, 3.63) is 21.9 Å². The van der Waals surface area contributed by atoms with E-state index in [4.69, 9.17) is 4.74 Å². The molecule has 0 spiro atoms. The molecule has 1 aromatic heterocycles. The molecule has 0 bridgehead atoms. The van der Waals surface area contributed by atoms with Gasteiger partial charge in [0.2, 0.25) is 0 Å². The van der Waals surface area contributed by atoms with Crippen molar-refractivity contribution < 1.29 is 14.5 Å². The SMILES string of the molecule is CC(C)OCCCNC(=O)c1cc([N+](=O)[O-])[nH]n1. The first-order valence-electron chi connectivity index (χ1n) is 5.60. The van der Waals surface area contributed by atoms with E-state index in [1.165, 1.54) is 0 Å². The van der Waals surface area contributed by atoms with Gasteiger partial charge < -0.3 is 20.2 Å². The van der Waals surface area contributed by atoms with Crippen molar-refractivity contribution in [2.45, 2.75) is 26.4 Å². The number of aromatic nitrogens is 2. The number of nitrogens with zero attached hydrogens (tertiary/aromatic N) is 2. The molecule has 1 rings (SSSR count). The van der Waals surface area contributed by atoms with Gasteiger partial charge in [-0.15, -0.1) is 5.10 Å². The Morgan fingerprint density at radius 2 is 2.39 bits per heavy atom. The summed E-state index contributed by atoms with van der Waals surface area (Å²) in [5.74, 6) is -0.743. The summed E-state index contributed by atoms with van der Waals surface area (Å²) in [6.45, 7) is 4.85. The maximum atomic E-state index is 11.5. The molecule has 0 atom stereocenters. The molecule has 2 N–H and O–H groups in total. The van der Waals surface area contributed by atoms with Gasteiger partial charge in [-0.2, -0.15) is 0 Å². The summed E-state index contributed by atoms with van der Waals surface area (Å²) >= 11 is 0. The van der Waals surface area contributed by atoms with Crippen LogP contribution in [-0.2, 0) is 4.74 Å². The summed E-state index contributed by atoms with van der Waals surface area (Å²) in [4.78, 5) is 21.3. The molecule has 0 saturated heterocycles. The average molecular weight is 256 g/mol. The molecule has 0 fully saturated rings. The molecule has 0 unspecified atom stereocenters. The number of hydrogen-bond acceptors (Lipinski definition) is 5. The highest BCUT2D eigenvalue weighted by molar-refractivity contribution is 5.92. The summed E-state index contributed by atoms with van der Waals surface area (Å²) in [5, 5.41) is 18.7. The molecule has 8 heteroatoms. The molecular formula is C10H16N4O4. The molecule has 1 heterocycles. The van der Waals surface area contributed by atoms with Gasteiger partial charge in [-0.3, -0.25) is 4.79 Å². The number of H-pyrrole nitrogens is 1. The predicted molar refractivity (Wildman–Crippen MR) is 63.3 cm³/mol. The molecular weight excluding hydrogens is 240 g/mol. The number of aromatic amines is 1. The van der Waals surface area contributed by atoms with Gasteiger partial charge >= 0.3 is 5.82 Å². The fraction of sp³-hybridized carbons (Fsp3) is 0.600. The Bertz CT molecular complexity index is 416. The highest BCUT2D eigenvalue weighted by Gasteiger charge is 2.15. The van der Waals surface area contributed by atoms with Gasteiger partial charge in [0.1, 0.15) is 0 Å². The summed E-state index contributed by atoms with van der Waals surface area (Å²) in [5.41, 5.74) is 0.00600. The van der Waals surface area contributed by atoms with Crippen LogP contribution in [0.4, 0.5) is 5.82 Å². The number of carbonyl (C=O) groups is 1. The van der Waals surface area contributed by atoms with Crippen LogP contribution in [0, 0.1) is 10.1 Å². The number of amides is 1. The van der Waals surface area contributed by atoms with Crippen LogP contribution in [0.15, 0.2) is 6.07 Å². The smallest absolute Gasteiger partial charge is 0.343 e. The monoisotopic (exact) mass is 256 g/mol. The van der Waals surface area contributed by atoms with Crippen LogP contribution >= 0.6 is 0 Å². The molecule has 0 aliphatic rings. The van der Waals surface area contributed by atoms with E-state index in [0.29, 0.717) is 19.6 Å². The first-order chi connectivity index (χ1) is 8.50. The normalized spacial score (nSPS) is 10.6. The van der Waals surface area contributed by atoms with Crippen LogP contribution in [0.5, 0.6) is 0 Å². The molecule has 0 saturated carbocycles. The summed E-state index contributed by atoms with van der Waals surface area (Å²) < 4.78 is 5.30. The zero-order valence-electron chi connectivity index (χ0n) is 10.3. The minimum atomic E-state index is -0.639. The first kappa shape index (κ1) is 14.1. The fourth-order valence-electron chi connectivity index (χ4n) is 1.21. The number of nitrogens with one attached hydrogen (secondary N) is 2. The van der Waals surface area contributed by atoms with Gasteiger partial charge in [-0.25, -0.2) is 0 Å². The van der Waals surface area contributed by atoms with E-state index in [1.54, 1.807) is 0 Å². The Kier molecular flexibility index (Phi) is 5.25. The van der Waals surface area contributed by atoms with Crippen LogP contribution < -0.4 is 5.32 Å². The molecule has 8 nitrogen and oxygen atoms in total. The van der Waals surface area contributed by atoms with E-state index >= 15 is 0 Å². The Morgan fingerprint density at radius 3 is 2.94 bits per heavy atom. The number of rotatable bonds is 7. The lowest BCUT2D eigenvalue weighted by Gasteiger charge is -2.07. The molecule has 0 aromatic carbocycles. The fourth-order valence-corrected chi connectivity index (χ4v) is 1.21. The van der Waals surface area contributed by atoms with Gasteiger partial charge in [0.05, 0.1) is 12.2 Å². The van der Waals surface area contributed by atoms with Gasteiger partial charge in [0.25, 0.3) is 5.91 Å². The van der Waals surface area contributed by atoms with E-state index in [2.05, 4.69) is 15.5 Å². The van der Waals surface area contributed by atoms with Gasteiger partial charge in [0.15, 0.2) is 5.69 Å². The summed E-state index contributed by atoms with van der Waals surface area (Å²) in [6, 6.07) is 1.10. The Labute approximate surface area is 104 Å². The zero-order valence-corrected chi connectivity index (χ0v) is 10.3.